The van der Waals surface area contributed by atoms with Crippen molar-refractivity contribution in [3.8, 4) is 11.5 Å². The molecule has 0 aliphatic heterocycles. The predicted molar refractivity (Wildman–Crippen MR) is 69.0 cm³/mol. The molecule has 2 rings (SSSR count). The molecular formula is C14H18F3NO2. The first kappa shape index (κ1) is 15.0. The van der Waals surface area contributed by atoms with Crippen LogP contribution in [0.3, 0.4) is 0 Å². The van der Waals surface area contributed by atoms with Gasteiger partial charge >= 0.3 is 6.18 Å². The van der Waals surface area contributed by atoms with E-state index in [1.54, 1.807) is 19.1 Å². The van der Waals surface area contributed by atoms with Crippen LogP contribution in [0.4, 0.5) is 13.2 Å². The average molecular weight is 289 g/mol. The fraction of sp³-hybridized carbons (Fsp3) is 0.571. The number of rotatable bonds is 7. The lowest BCUT2D eigenvalue weighted by Gasteiger charge is -2.14. The van der Waals surface area contributed by atoms with E-state index in [9.17, 15) is 13.2 Å². The molecule has 0 amide bonds. The number of alkyl halides is 3. The molecule has 1 N–H and O–H groups in total. The van der Waals surface area contributed by atoms with E-state index in [1.165, 1.54) is 18.9 Å². The Morgan fingerprint density at radius 2 is 1.95 bits per heavy atom. The molecule has 1 aromatic rings. The molecule has 0 atom stereocenters. The van der Waals surface area contributed by atoms with Crippen molar-refractivity contribution in [1.29, 1.82) is 0 Å². The third kappa shape index (κ3) is 4.92. The molecule has 6 heteroatoms. The third-order valence-corrected chi connectivity index (χ3v) is 2.87. The molecule has 0 spiro atoms. The number of halogens is 3. The van der Waals surface area contributed by atoms with E-state index in [0.29, 0.717) is 24.9 Å². The molecule has 0 saturated heterocycles. The van der Waals surface area contributed by atoms with Gasteiger partial charge in [-0.1, -0.05) is 6.07 Å². The molecule has 0 unspecified atom stereocenters. The SMILES string of the molecule is CCOc1cc(CNC2CC2)ccc1OCC(F)(F)F. The highest BCUT2D eigenvalue weighted by Crippen LogP contribution is 2.30. The summed E-state index contributed by atoms with van der Waals surface area (Å²) in [5, 5.41) is 3.34. The van der Waals surface area contributed by atoms with Crippen LogP contribution < -0.4 is 14.8 Å². The summed E-state index contributed by atoms with van der Waals surface area (Å²) in [5.74, 6) is 0.478. The highest BCUT2D eigenvalue weighted by molar-refractivity contribution is 5.43. The van der Waals surface area contributed by atoms with Gasteiger partial charge in [-0.15, -0.1) is 0 Å². The standard InChI is InChI=1S/C14H18F3NO2/c1-2-19-13-7-10(8-18-11-4-5-11)3-6-12(13)20-9-14(15,16)17/h3,6-7,11,18H,2,4-5,8-9H2,1H3. The van der Waals surface area contributed by atoms with Crippen LogP contribution >= 0.6 is 0 Å². The number of benzene rings is 1. The topological polar surface area (TPSA) is 30.5 Å². The lowest BCUT2D eigenvalue weighted by molar-refractivity contribution is -0.153. The van der Waals surface area contributed by atoms with E-state index in [4.69, 9.17) is 9.47 Å². The maximum absolute atomic E-state index is 12.2. The van der Waals surface area contributed by atoms with Gasteiger partial charge in [-0.2, -0.15) is 13.2 Å². The minimum absolute atomic E-state index is 0.124. The van der Waals surface area contributed by atoms with Gasteiger partial charge in [-0.05, 0) is 37.5 Å². The second-order valence-corrected chi connectivity index (χ2v) is 4.77. The average Bonchev–Trinajstić information content (AvgIpc) is 3.18. The zero-order valence-electron chi connectivity index (χ0n) is 11.3. The van der Waals surface area contributed by atoms with Gasteiger partial charge < -0.3 is 14.8 Å². The van der Waals surface area contributed by atoms with Crippen LogP contribution in [-0.4, -0.2) is 25.4 Å². The molecule has 0 bridgehead atoms. The maximum atomic E-state index is 12.2. The Morgan fingerprint density at radius 1 is 1.20 bits per heavy atom. The van der Waals surface area contributed by atoms with Crippen molar-refractivity contribution in [2.75, 3.05) is 13.2 Å². The van der Waals surface area contributed by atoms with Crippen LogP contribution in [0.15, 0.2) is 18.2 Å². The van der Waals surface area contributed by atoms with Crippen LogP contribution in [0.5, 0.6) is 11.5 Å². The van der Waals surface area contributed by atoms with E-state index < -0.39 is 12.8 Å². The van der Waals surface area contributed by atoms with E-state index in [1.807, 2.05) is 0 Å². The molecule has 1 aromatic carbocycles. The first-order chi connectivity index (χ1) is 9.48. The lowest BCUT2D eigenvalue weighted by Crippen LogP contribution is -2.19. The predicted octanol–water partition coefficient (Wildman–Crippen LogP) is 3.28. The van der Waals surface area contributed by atoms with Gasteiger partial charge in [0.05, 0.1) is 6.61 Å². The number of hydrogen-bond acceptors (Lipinski definition) is 3. The summed E-state index contributed by atoms with van der Waals surface area (Å²) in [5.41, 5.74) is 0.972. The smallest absolute Gasteiger partial charge is 0.422 e. The first-order valence-electron chi connectivity index (χ1n) is 6.66. The minimum atomic E-state index is -4.35. The van der Waals surface area contributed by atoms with Crippen LogP contribution in [0, 0.1) is 0 Å². The van der Waals surface area contributed by atoms with Crippen LogP contribution in [0.2, 0.25) is 0 Å². The highest BCUT2D eigenvalue weighted by Gasteiger charge is 2.29. The van der Waals surface area contributed by atoms with E-state index >= 15 is 0 Å². The Morgan fingerprint density at radius 3 is 2.55 bits per heavy atom. The second kappa shape index (κ2) is 6.35. The van der Waals surface area contributed by atoms with Crippen molar-refractivity contribution >= 4 is 0 Å². The van der Waals surface area contributed by atoms with Gasteiger partial charge in [0.25, 0.3) is 0 Å². The summed E-state index contributed by atoms with van der Waals surface area (Å²) >= 11 is 0. The van der Waals surface area contributed by atoms with Gasteiger partial charge in [0.2, 0.25) is 0 Å². The van der Waals surface area contributed by atoms with E-state index in [0.717, 1.165) is 5.56 Å². The van der Waals surface area contributed by atoms with Crippen molar-refractivity contribution in [3.05, 3.63) is 23.8 Å². The van der Waals surface area contributed by atoms with Crippen LogP contribution in [0.1, 0.15) is 25.3 Å². The van der Waals surface area contributed by atoms with E-state index in [-0.39, 0.29) is 5.75 Å². The molecule has 20 heavy (non-hydrogen) atoms. The summed E-state index contributed by atoms with van der Waals surface area (Å²) in [6.45, 7) is 1.53. The zero-order valence-corrected chi connectivity index (χ0v) is 11.3. The Hall–Kier alpha value is -1.43. The largest absolute Gasteiger partial charge is 0.490 e. The Balaban J connectivity index is 2.01. The Bertz CT molecular complexity index is 445. The van der Waals surface area contributed by atoms with Gasteiger partial charge in [-0.3, -0.25) is 0 Å². The molecule has 0 heterocycles. The van der Waals surface area contributed by atoms with Crippen molar-refractivity contribution in [2.45, 2.75) is 38.5 Å². The molecule has 1 aliphatic carbocycles. The fourth-order valence-corrected chi connectivity index (χ4v) is 1.76. The maximum Gasteiger partial charge on any atom is 0.422 e. The van der Waals surface area contributed by atoms with Crippen molar-refractivity contribution in [3.63, 3.8) is 0 Å². The summed E-state index contributed by atoms with van der Waals surface area (Å²) in [6, 6.07) is 5.58. The molecule has 1 fully saturated rings. The number of nitrogens with one attached hydrogen (secondary N) is 1. The number of ether oxygens (including phenoxy) is 2. The minimum Gasteiger partial charge on any atom is -0.490 e. The Labute approximate surface area is 116 Å². The second-order valence-electron chi connectivity index (χ2n) is 4.77. The first-order valence-corrected chi connectivity index (χ1v) is 6.66. The lowest BCUT2D eigenvalue weighted by atomic mass is 10.2. The molecule has 1 saturated carbocycles. The van der Waals surface area contributed by atoms with Gasteiger partial charge in [0.1, 0.15) is 0 Å². The summed E-state index contributed by atoms with van der Waals surface area (Å²) < 4.78 is 46.7. The van der Waals surface area contributed by atoms with Crippen molar-refractivity contribution in [2.24, 2.45) is 0 Å². The third-order valence-electron chi connectivity index (χ3n) is 2.87. The summed E-state index contributed by atoms with van der Waals surface area (Å²) in [4.78, 5) is 0. The quantitative estimate of drug-likeness (QED) is 0.835. The Kier molecular flexibility index (Phi) is 4.75. The van der Waals surface area contributed by atoms with E-state index in [2.05, 4.69) is 5.32 Å². The summed E-state index contributed by atoms with van der Waals surface area (Å²) in [7, 11) is 0. The van der Waals surface area contributed by atoms with Crippen LogP contribution in [-0.2, 0) is 6.54 Å². The fourth-order valence-electron chi connectivity index (χ4n) is 1.76. The van der Waals surface area contributed by atoms with Gasteiger partial charge in [0.15, 0.2) is 18.1 Å². The van der Waals surface area contributed by atoms with Crippen LogP contribution in [0.25, 0.3) is 0 Å². The molecule has 1 aliphatic rings. The number of hydrogen-bond donors (Lipinski definition) is 1. The zero-order chi connectivity index (χ0) is 14.6. The summed E-state index contributed by atoms with van der Waals surface area (Å²) in [6.07, 6.45) is -1.98. The highest BCUT2D eigenvalue weighted by atomic mass is 19.4. The molecule has 0 radical (unpaired) electrons. The molecule has 3 nitrogen and oxygen atoms in total. The van der Waals surface area contributed by atoms with Crippen molar-refractivity contribution in [1.82, 2.24) is 5.32 Å². The molecule has 112 valence electrons. The monoisotopic (exact) mass is 289 g/mol. The van der Waals surface area contributed by atoms with Gasteiger partial charge in [0, 0.05) is 12.6 Å². The van der Waals surface area contributed by atoms with Crippen molar-refractivity contribution < 1.29 is 22.6 Å². The molecular weight excluding hydrogens is 271 g/mol. The normalized spacial score (nSPS) is 15.2. The molecule has 0 aromatic heterocycles. The van der Waals surface area contributed by atoms with Gasteiger partial charge in [-0.25, -0.2) is 0 Å².